The van der Waals surface area contributed by atoms with Crippen LogP contribution >= 0.6 is 0 Å². The van der Waals surface area contributed by atoms with Crippen LogP contribution in [-0.4, -0.2) is 59.4 Å². The number of quaternary nitrogens is 1. The van der Waals surface area contributed by atoms with E-state index in [1.54, 1.807) is 0 Å². The zero-order valence-electron chi connectivity index (χ0n) is 19.2. The molecular weight excluding hydrogens is 382 g/mol. The third kappa shape index (κ3) is 14.7. The quantitative estimate of drug-likeness (QED) is 0.167. The number of hydrogen-bond acceptors (Lipinski definition) is 5. The second-order valence-corrected chi connectivity index (χ2v) is 8.30. The van der Waals surface area contributed by atoms with Crippen LogP contribution in [-0.2, 0) is 9.59 Å². The van der Waals surface area contributed by atoms with E-state index >= 15 is 0 Å². The second-order valence-electron chi connectivity index (χ2n) is 8.30. The number of unbranched alkanes of at least 4 members (excludes halogenated alkanes) is 11. The molecule has 6 nitrogen and oxygen atoms in total. The summed E-state index contributed by atoms with van der Waals surface area (Å²) in [4.78, 5) is 23.6. The number of amides is 1. The Balaban J connectivity index is 3.86. The number of carbonyl (C=O) groups excluding carboxylic acids is 2. The minimum Gasteiger partial charge on any atom is -0.544 e. The van der Waals surface area contributed by atoms with Crippen molar-refractivity contribution in [2.45, 2.75) is 96.8 Å². The average Bonchev–Trinajstić information content (AvgIpc) is 2.70. The Morgan fingerprint density at radius 2 is 1.23 bits per heavy atom. The normalized spacial score (nSPS) is 12.0. The maximum absolute atomic E-state index is 12.6. The number of aliphatic hydroxyl groups is 2. The number of carboxylic acids is 1. The topological polar surface area (TPSA) is 97.7 Å². The van der Waals surface area contributed by atoms with Gasteiger partial charge in [0.05, 0.1) is 25.6 Å². The lowest BCUT2D eigenvalue weighted by Gasteiger charge is -2.35. The summed E-state index contributed by atoms with van der Waals surface area (Å²) < 4.78 is -0.432. The number of rotatable bonds is 21. The summed E-state index contributed by atoms with van der Waals surface area (Å²) >= 11 is 0. The van der Waals surface area contributed by atoms with Gasteiger partial charge in [0, 0.05) is 0 Å². The summed E-state index contributed by atoms with van der Waals surface area (Å²) in [6, 6.07) is 0. The fraction of sp³-hybridized carbons (Fsp3) is 0.833. The van der Waals surface area contributed by atoms with Gasteiger partial charge in [-0.25, -0.2) is 4.79 Å². The van der Waals surface area contributed by atoms with Gasteiger partial charge in [-0.15, -0.1) is 0 Å². The van der Waals surface area contributed by atoms with Gasteiger partial charge in [0.1, 0.15) is 19.6 Å². The van der Waals surface area contributed by atoms with Crippen molar-refractivity contribution in [2.24, 2.45) is 0 Å². The first-order valence-electron chi connectivity index (χ1n) is 12.0. The lowest BCUT2D eigenvalue weighted by molar-refractivity contribution is -0.850. The van der Waals surface area contributed by atoms with Crippen LogP contribution in [0.2, 0.25) is 0 Å². The van der Waals surface area contributed by atoms with Gasteiger partial charge in [0.15, 0.2) is 0 Å². The van der Waals surface area contributed by atoms with E-state index in [1.165, 1.54) is 44.9 Å². The first-order chi connectivity index (χ1) is 14.5. The van der Waals surface area contributed by atoms with Crippen LogP contribution in [0.25, 0.3) is 0 Å². The fourth-order valence-electron chi connectivity index (χ4n) is 3.82. The Morgan fingerprint density at radius 3 is 1.70 bits per heavy atom. The molecule has 0 unspecified atom stereocenters. The van der Waals surface area contributed by atoms with Crippen molar-refractivity contribution in [3.63, 3.8) is 0 Å². The molecule has 0 atom stereocenters. The first kappa shape index (κ1) is 28.8. The van der Waals surface area contributed by atoms with Gasteiger partial charge in [0.2, 0.25) is 0 Å². The SMILES string of the molecule is CCCCCCCC/C=C/CCCCCCCC(=O)[N+](CCO)(CCO)CC(=O)[O-]. The highest BCUT2D eigenvalue weighted by Gasteiger charge is 2.35. The molecule has 0 bridgehead atoms. The van der Waals surface area contributed by atoms with Gasteiger partial charge < -0.3 is 20.1 Å². The summed E-state index contributed by atoms with van der Waals surface area (Å²) in [6.45, 7) is 1.14. The second kappa shape index (κ2) is 19.7. The highest BCUT2D eigenvalue weighted by Crippen LogP contribution is 2.14. The maximum atomic E-state index is 12.6. The fourth-order valence-corrected chi connectivity index (χ4v) is 3.82. The van der Waals surface area contributed by atoms with Crippen LogP contribution in [0.3, 0.4) is 0 Å². The van der Waals surface area contributed by atoms with Crippen LogP contribution in [0.1, 0.15) is 96.8 Å². The average molecular weight is 428 g/mol. The molecule has 0 radical (unpaired) electrons. The molecule has 0 aliphatic rings. The molecule has 0 fully saturated rings. The van der Waals surface area contributed by atoms with Crippen molar-refractivity contribution in [3.05, 3.63) is 12.2 Å². The predicted octanol–water partition coefficient (Wildman–Crippen LogP) is 3.10. The molecule has 0 aromatic carbocycles. The summed E-state index contributed by atoms with van der Waals surface area (Å²) in [6.07, 6.45) is 20.1. The number of carbonyl (C=O) groups is 2. The van der Waals surface area contributed by atoms with Crippen molar-refractivity contribution in [2.75, 3.05) is 32.8 Å². The zero-order valence-corrected chi connectivity index (χ0v) is 19.2. The number of aliphatic carboxylic acids is 1. The van der Waals surface area contributed by atoms with E-state index in [9.17, 15) is 24.9 Å². The van der Waals surface area contributed by atoms with E-state index in [0.29, 0.717) is 6.42 Å². The highest BCUT2D eigenvalue weighted by atomic mass is 16.4. The molecule has 176 valence electrons. The molecule has 0 aliphatic carbocycles. The Bertz CT molecular complexity index is 459. The van der Waals surface area contributed by atoms with Gasteiger partial charge in [0.25, 0.3) is 0 Å². The minimum atomic E-state index is -1.34. The summed E-state index contributed by atoms with van der Waals surface area (Å²) in [5.74, 6) is -1.57. The monoisotopic (exact) mass is 427 g/mol. The molecule has 0 spiro atoms. The van der Waals surface area contributed by atoms with Crippen molar-refractivity contribution in [1.29, 1.82) is 0 Å². The largest absolute Gasteiger partial charge is 0.544 e. The van der Waals surface area contributed by atoms with Crippen molar-refractivity contribution >= 4 is 11.9 Å². The number of aliphatic hydroxyl groups excluding tert-OH is 2. The molecule has 0 heterocycles. The van der Waals surface area contributed by atoms with Crippen molar-refractivity contribution in [1.82, 2.24) is 0 Å². The van der Waals surface area contributed by atoms with E-state index in [0.717, 1.165) is 32.1 Å². The molecule has 6 heteroatoms. The molecule has 0 saturated carbocycles. The molecule has 0 aromatic rings. The van der Waals surface area contributed by atoms with Crippen LogP contribution in [0.4, 0.5) is 0 Å². The van der Waals surface area contributed by atoms with Crippen LogP contribution < -0.4 is 5.11 Å². The molecule has 0 rings (SSSR count). The molecule has 0 aromatic heterocycles. The highest BCUT2D eigenvalue weighted by molar-refractivity contribution is 5.73. The van der Waals surface area contributed by atoms with Gasteiger partial charge >= 0.3 is 5.91 Å². The standard InChI is InChI=1S/C24H45NO5/c1-2-3-4-5-6-7-8-9-10-11-12-13-14-15-16-17-23(28)25(18-20-26,19-21-27)22-24(29)30/h9-10,26-27H,2-8,11-22H2,1H3/b10-9+. The van der Waals surface area contributed by atoms with Crippen LogP contribution in [0.5, 0.6) is 0 Å². The molecular formula is C24H45NO5. The minimum absolute atomic E-state index is 0.00154. The van der Waals surface area contributed by atoms with E-state index in [-0.39, 0.29) is 38.6 Å². The summed E-state index contributed by atoms with van der Waals surface area (Å²) in [7, 11) is 0. The molecule has 0 saturated heterocycles. The van der Waals surface area contributed by atoms with Crippen LogP contribution in [0, 0.1) is 0 Å². The molecule has 30 heavy (non-hydrogen) atoms. The van der Waals surface area contributed by atoms with E-state index in [4.69, 9.17) is 0 Å². The number of nitrogens with zero attached hydrogens (tertiary/aromatic N) is 1. The molecule has 1 amide bonds. The first-order valence-corrected chi connectivity index (χ1v) is 12.0. The summed E-state index contributed by atoms with van der Waals surface area (Å²) in [5, 5.41) is 29.5. The Labute approximate surface area is 183 Å². The van der Waals surface area contributed by atoms with Gasteiger partial charge in [-0.2, -0.15) is 0 Å². The molecule has 0 aliphatic heterocycles. The third-order valence-electron chi connectivity index (χ3n) is 5.67. The van der Waals surface area contributed by atoms with E-state index in [2.05, 4.69) is 19.1 Å². The Hall–Kier alpha value is -1.24. The molecule has 2 N–H and O–H groups in total. The maximum Gasteiger partial charge on any atom is 0.314 e. The van der Waals surface area contributed by atoms with Gasteiger partial charge in [-0.05, 0) is 32.1 Å². The predicted molar refractivity (Wildman–Crippen MR) is 118 cm³/mol. The van der Waals surface area contributed by atoms with Crippen molar-refractivity contribution in [3.8, 4) is 0 Å². The van der Waals surface area contributed by atoms with Crippen molar-refractivity contribution < 1.29 is 29.4 Å². The lowest BCUT2D eigenvalue weighted by Crippen LogP contribution is -2.60. The van der Waals surface area contributed by atoms with E-state index in [1.807, 2.05) is 0 Å². The third-order valence-corrected chi connectivity index (χ3v) is 5.67. The number of allylic oxidation sites excluding steroid dienone is 2. The lowest BCUT2D eigenvalue weighted by atomic mass is 10.1. The smallest absolute Gasteiger partial charge is 0.314 e. The van der Waals surface area contributed by atoms with Crippen LogP contribution in [0.15, 0.2) is 12.2 Å². The van der Waals surface area contributed by atoms with Gasteiger partial charge in [-0.3, -0.25) is 4.48 Å². The number of carboxylic acid groups (broad SMARTS) is 1. The Kier molecular flexibility index (Phi) is 18.9. The van der Waals surface area contributed by atoms with E-state index < -0.39 is 17.0 Å². The zero-order chi connectivity index (χ0) is 22.5. The van der Waals surface area contributed by atoms with Gasteiger partial charge in [-0.1, -0.05) is 70.4 Å². The number of hydrogen-bond donors (Lipinski definition) is 2. The Morgan fingerprint density at radius 1 is 0.767 bits per heavy atom. The summed E-state index contributed by atoms with van der Waals surface area (Å²) in [5.41, 5.74) is 0.